The van der Waals surface area contributed by atoms with E-state index in [0.717, 1.165) is 53.7 Å². The Kier molecular flexibility index (Phi) is 7.48. The first-order valence-electron chi connectivity index (χ1n) is 11.0. The molecule has 6 nitrogen and oxygen atoms in total. The summed E-state index contributed by atoms with van der Waals surface area (Å²) in [7, 11) is 0. The minimum absolute atomic E-state index is 0. The number of anilines is 2. The number of benzene rings is 2. The van der Waals surface area contributed by atoms with Gasteiger partial charge in [-0.2, -0.15) is 4.98 Å². The Morgan fingerprint density at radius 1 is 1.00 bits per heavy atom. The molecule has 0 radical (unpaired) electrons. The summed E-state index contributed by atoms with van der Waals surface area (Å²) in [5.41, 5.74) is 5.64. The summed E-state index contributed by atoms with van der Waals surface area (Å²) in [5.74, 6) is -0.167. The molecular formula is C26H24N3NaO3. The van der Waals surface area contributed by atoms with E-state index in [1.54, 1.807) is 6.20 Å². The van der Waals surface area contributed by atoms with Crippen LogP contribution in [0.25, 0.3) is 22.4 Å². The molecule has 4 aromatic rings. The van der Waals surface area contributed by atoms with Gasteiger partial charge in [0, 0.05) is 11.5 Å². The second-order valence-corrected chi connectivity index (χ2v) is 8.46. The molecule has 7 heteroatoms. The van der Waals surface area contributed by atoms with Crippen molar-refractivity contribution in [3.05, 3.63) is 72.4 Å². The number of hydrogen-bond donors (Lipinski definition) is 1. The molecule has 1 saturated carbocycles. The number of nitrogens with one attached hydrogen (secondary N) is 1. The van der Waals surface area contributed by atoms with Crippen LogP contribution in [0.4, 0.5) is 11.7 Å². The first kappa shape index (κ1) is 23.5. The van der Waals surface area contributed by atoms with E-state index < -0.39 is 5.97 Å². The van der Waals surface area contributed by atoms with Crippen LogP contribution in [0.2, 0.25) is 0 Å². The molecule has 0 spiro atoms. The molecular weight excluding hydrogens is 425 g/mol. The van der Waals surface area contributed by atoms with Gasteiger partial charge in [-0.05, 0) is 73.8 Å². The summed E-state index contributed by atoms with van der Waals surface area (Å²) in [6.45, 7) is 0. The summed E-state index contributed by atoms with van der Waals surface area (Å²) >= 11 is 0. The van der Waals surface area contributed by atoms with E-state index in [1.165, 1.54) is 5.56 Å². The van der Waals surface area contributed by atoms with E-state index in [2.05, 4.69) is 39.6 Å². The van der Waals surface area contributed by atoms with Crippen molar-refractivity contribution >= 4 is 28.8 Å². The van der Waals surface area contributed by atoms with Crippen LogP contribution >= 0.6 is 0 Å². The molecule has 0 amide bonds. The number of para-hydroxylation sites is 2. The number of aromatic nitrogens is 2. The average Bonchev–Trinajstić information content (AvgIpc) is 3.22. The predicted octanol–water partition coefficient (Wildman–Crippen LogP) is 2.05. The summed E-state index contributed by atoms with van der Waals surface area (Å²) < 4.78 is 5.70. The maximum atomic E-state index is 10.8. The van der Waals surface area contributed by atoms with Crippen molar-refractivity contribution in [2.75, 3.05) is 5.32 Å². The van der Waals surface area contributed by atoms with Gasteiger partial charge >= 0.3 is 29.6 Å². The van der Waals surface area contributed by atoms with Gasteiger partial charge in [0.25, 0.3) is 6.01 Å². The zero-order valence-electron chi connectivity index (χ0n) is 18.7. The zero-order chi connectivity index (χ0) is 21.9. The minimum Gasteiger partial charge on any atom is -0.550 e. The summed E-state index contributed by atoms with van der Waals surface area (Å²) in [4.78, 5) is 19.8. The molecule has 1 aliphatic rings. The van der Waals surface area contributed by atoms with E-state index in [-0.39, 0.29) is 41.9 Å². The Hall–Kier alpha value is -2.67. The monoisotopic (exact) mass is 449 g/mol. The van der Waals surface area contributed by atoms with Crippen LogP contribution < -0.4 is 40.0 Å². The molecule has 0 aliphatic heterocycles. The van der Waals surface area contributed by atoms with Crippen LogP contribution in [0, 0.1) is 5.92 Å². The van der Waals surface area contributed by atoms with Gasteiger partial charge < -0.3 is 19.6 Å². The van der Waals surface area contributed by atoms with Gasteiger partial charge in [-0.15, -0.1) is 0 Å². The molecule has 1 aliphatic carbocycles. The van der Waals surface area contributed by atoms with Crippen molar-refractivity contribution < 1.29 is 43.9 Å². The Morgan fingerprint density at radius 3 is 2.42 bits per heavy atom. The number of oxazole rings is 1. The quantitative estimate of drug-likeness (QED) is 0.453. The molecule has 0 saturated heterocycles. The number of rotatable bonds is 6. The van der Waals surface area contributed by atoms with Crippen molar-refractivity contribution in [3.8, 4) is 11.3 Å². The van der Waals surface area contributed by atoms with E-state index in [1.807, 2.05) is 36.4 Å². The number of carboxylic acid groups (broad SMARTS) is 1. The van der Waals surface area contributed by atoms with Crippen molar-refractivity contribution in [2.24, 2.45) is 5.92 Å². The van der Waals surface area contributed by atoms with E-state index in [9.17, 15) is 9.90 Å². The number of pyridine rings is 1. The number of carbonyl (C=O) groups is 1. The summed E-state index contributed by atoms with van der Waals surface area (Å²) in [6.07, 6.45) is 5.94. The Labute approximate surface area is 214 Å². The van der Waals surface area contributed by atoms with Crippen molar-refractivity contribution in [3.63, 3.8) is 0 Å². The molecule has 0 atom stereocenters. The number of nitrogens with zero attached hydrogens (tertiary/aromatic N) is 2. The van der Waals surface area contributed by atoms with Crippen molar-refractivity contribution in [1.29, 1.82) is 0 Å². The van der Waals surface area contributed by atoms with E-state index >= 15 is 0 Å². The second kappa shape index (κ2) is 10.5. The van der Waals surface area contributed by atoms with E-state index in [0.29, 0.717) is 11.9 Å². The first-order chi connectivity index (χ1) is 15.6. The van der Waals surface area contributed by atoms with Crippen LogP contribution in [0.15, 0.2) is 71.3 Å². The number of carbonyl (C=O) groups excluding carboxylic acids is 1. The zero-order valence-corrected chi connectivity index (χ0v) is 20.7. The van der Waals surface area contributed by atoms with Gasteiger partial charge in [-0.1, -0.05) is 36.4 Å². The number of fused-ring (bicyclic) bond motifs is 1. The molecule has 33 heavy (non-hydrogen) atoms. The van der Waals surface area contributed by atoms with Gasteiger partial charge in [0.15, 0.2) is 5.58 Å². The van der Waals surface area contributed by atoms with Crippen LogP contribution in [-0.4, -0.2) is 15.9 Å². The molecule has 0 bridgehead atoms. The third-order valence-corrected chi connectivity index (χ3v) is 6.29. The van der Waals surface area contributed by atoms with Crippen LogP contribution in [0.3, 0.4) is 0 Å². The SMILES string of the molecule is O=C([O-])C[C@H]1CC[C@H](c2ccc(-c3ccc(Nc4nc5ccccc5o4)cn3)cc2)CC1.[Na+]. The molecule has 2 aromatic heterocycles. The summed E-state index contributed by atoms with van der Waals surface area (Å²) in [5, 5.41) is 14.0. The van der Waals surface area contributed by atoms with Gasteiger partial charge in [0.2, 0.25) is 0 Å². The summed E-state index contributed by atoms with van der Waals surface area (Å²) in [6, 6.07) is 20.6. The molecule has 2 aromatic carbocycles. The smallest absolute Gasteiger partial charge is 0.550 e. The van der Waals surface area contributed by atoms with Gasteiger partial charge in [0.05, 0.1) is 17.6 Å². The topological polar surface area (TPSA) is 91.1 Å². The fraction of sp³-hybridized carbons (Fsp3) is 0.269. The number of aliphatic carboxylic acids is 1. The maximum absolute atomic E-state index is 10.8. The molecule has 5 rings (SSSR count). The predicted molar refractivity (Wildman–Crippen MR) is 121 cm³/mol. The first-order valence-corrected chi connectivity index (χ1v) is 11.0. The van der Waals surface area contributed by atoms with Gasteiger partial charge in [0.1, 0.15) is 5.52 Å². The standard InChI is InChI=1S/C26H25N3O3.Na/c30-25(31)15-17-5-7-18(8-6-17)19-9-11-20(12-10-19)22-14-13-21(16-27-22)28-26-29-23-3-1-2-4-24(23)32-26;/h1-4,9-14,16-18H,5-8,15H2,(H,28,29)(H,30,31);/q;+1/p-1/t17-,18-;. The fourth-order valence-corrected chi connectivity index (χ4v) is 4.55. The third-order valence-electron chi connectivity index (χ3n) is 6.29. The van der Waals surface area contributed by atoms with E-state index in [4.69, 9.17) is 4.42 Å². The molecule has 162 valence electrons. The van der Waals surface area contributed by atoms with Crippen LogP contribution in [0.5, 0.6) is 0 Å². The van der Waals surface area contributed by atoms with Gasteiger partial charge in [-0.3, -0.25) is 4.98 Å². The average molecular weight is 449 g/mol. The van der Waals surface area contributed by atoms with Crippen LogP contribution in [0.1, 0.15) is 43.6 Å². The Balaban J connectivity index is 0.00000259. The Morgan fingerprint density at radius 2 is 1.76 bits per heavy atom. The fourth-order valence-electron chi connectivity index (χ4n) is 4.55. The van der Waals surface area contributed by atoms with Crippen LogP contribution in [-0.2, 0) is 4.79 Å². The minimum atomic E-state index is -0.930. The number of carboxylic acids is 1. The molecule has 1 fully saturated rings. The van der Waals surface area contributed by atoms with Gasteiger partial charge in [-0.25, -0.2) is 0 Å². The largest absolute Gasteiger partial charge is 1.00 e. The molecule has 1 N–H and O–H groups in total. The maximum Gasteiger partial charge on any atom is 1.00 e. The second-order valence-electron chi connectivity index (χ2n) is 8.46. The van der Waals surface area contributed by atoms with Crippen molar-refractivity contribution in [1.82, 2.24) is 9.97 Å². The normalized spacial score (nSPS) is 17.9. The third kappa shape index (κ3) is 5.64. The molecule has 2 heterocycles. The van der Waals surface area contributed by atoms with Crippen molar-refractivity contribution in [2.45, 2.75) is 38.0 Å². The molecule has 0 unspecified atom stereocenters. The Bertz CT molecular complexity index is 1180. The number of hydrogen-bond acceptors (Lipinski definition) is 6.